The summed E-state index contributed by atoms with van der Waals surface area (Å²) in [5.74, 6) is -0.497. The van der Waals surface area contributed by atoms with Crippen LogP contribution >= 0.6 is 0 Å². The van der Waals surface area contributed by atoms with Gasteiger partial charge in [0.1, 0.15) is 5.60 Å². The zero-order valence-electron chi connectivity index (χ0n) is 11.3. The van der Waals surface area contributed by atoms with Crippen molar-refractivity contribution in [3.05, 3.63) is 35.9 Å². The molecule has 0 bridgehead atoms. The van der Waals surface area contributed by atoms with Crippen LogP contribution in [0.2, 0.25) is 0 Å². The lowest BCUT2D eigenvalue weighted by molar-refractivity contribution is -0.126. The van der Waals surface area contributed by atoms with Crippen molar-refractivity contribution >= 4 is 11.8 Å². The lowest BCUT2D eigenvalue weighted by Gasteiger charge is -2.24. The van der Waals surface area contributed by atoms with Crippen LogP contribution in [0.25, 0.3) is 0 Å². The first-order chi connectivity index (χ1) is 8.95. The van der Waals surface area contributed by atoms with Crippen LogP contribution < -0.4 is 10.6 Å². The molecule has 1 aromatic rings. The normalized spacial score (nSPS) is 13.4. The van der Waals surface area contributed by atoms with E-state index in [1.54, 1.807) is 26.0 Å². The van der Waals surface area contributed by atoms with Gasteiger partial charge in [-0.05, 0) is 12.5 Å². The maximum Gasteiger partial charge on any atom is 0.239 e. The second-order valence-corrected chi connectivity index (χ2v) is 4.55. The Morgan fingerprint density at radius 3 is 2.37 bits per heavy atom. The highest BCUT2D eigenvalue weighted by atomic mass is 16.3. The smallest absolute Gasteiger partial charge is 0.239 e. The SMILES string of the molecule is CCC(=O)NCC(=O)NCC(C)(O)c1ccccc1. The van der Waals surface area contributed by atoms with Gasteiger partial charge in [0.2, 0.25) is 11.8 Å². The van der Waals surface area contributed by atoms with Gasteiger partial charge in [-0.15, -0.1) is 0 Å². The molecule has 0 radical (unpaired) electrons. The Kier molecular flexibility index (Phi) is 5.51. The first-order valence-corrected chi connectivity index (χ1v) is 6.27. The van der Waals surface area contributed by atoms with Gasteiger partial charge in [0.05, 0.1) is 13.1 Å². The van der Waals surface area contributed by atoms with Crippen molar-refractivity contribution in [1.82, 2.24) is 10.6 Å². The lowest BCUT2D eigenvalue weighted by Crippen LogP contribution is -2.43. The summed E-state index contributed by atoms with van der Waals surface area (Å²) in [4.78, 5) is 22.5. The van der Waals surface area contributed by atoms with E-state index >= 15 is 0 Å². The van der Waals surface area contributed by atoms with E-state index in [9.17, 15) is 14.7 Å². The van der Waals surface area contributed by atoms with E-state index < -0.39 is 5.60 Å². The van der Waals surface area contributed by atoms with Gasteiger partial charge < -0.3 is 15.7 Å². The van der Waals surface area contributed by atoms with Crippen molar-refractivity contribution in [2.45, 2.75) is 25.9 Å². The number of benzene rings is 1. The molecule has 0 fully saturated rings. The molecular weight excluding hydrogens is 244 g/mol. The minimum atomic E-state index is -1.13. The van der Waals surface area contributed by atoms with Crippen molar-refractivity contribution in [1.29, 1.82) is 0 Å². The molecule has 19 heavy (non-hydrogen) atoms. The molecule has 1 unspecified atom stereocenters. The van der Waals surface area contributed by atoms with Gasteiger partial charge in [0.15, 0.2) is 0 Å². The molecule has 0 heterocycles. The average molecular weight is 264 g/mol. The predicted molar refractivity (Wildman–Crippen MR) is 72.3 cm³/mol. The number of nitrogens with one attached hydrogen (secondary N) is 2. The molecule has 0 saturated carbocycles. The van der Waals surface area contributed by atoms with Crippen LogP contribution in [-0.4, -0.2) is 30.0 Å². The Hall–Kier alpha value is -1.88. The van der Waals surface area contributed by atoms with E-state index in [-0.39, 0.29) is 24.9 Å². The zero-order chi connectivity index (χ0) is 14.3. The van der Waals surface area contributed by atoms with E-state index in [1.807, 2.05) is 18.2 Å². The van der Waals surface area contributed by atoms with Crippen LogP contribution in [0.3, 0.4) is 0 Å². The van der Waals surface area contributed by atoms with Gasteiger partial charge in [0.25, 0.3) is 0 Å². The van der Waals surface area contributed by atoms with Crippen molar-refractivity contribution in [2.75, 3.05) is 13.1 Å². The largest absolute Gasteiger partial charge is 0.384 e. The summed E-state index contributed by atoms with van der Waals surface area (Å²) in [5, 5.41) is 15.3. The third-order valence-corrected chi connectivity index (χ3v) is 2.79. The van der Waals surface area contributed by atoms with E-state index in [0.717, 1.165) is 5.56 Å². The highest BCUT2D eigenvalue weighted by Gasteiger charge is 2.23. The van der Waals surface area contributed by atoms with Gasteiger partial charge >= 0.3 is 0 Å². The number of amides is 2. The fraction of sp³-hybridized carbons (Fsp3) is 0.429. The first kappa shape index (κ1) is 15.2. The third-order valence-electron chi connectivity index (χ3n) is 2.79. The minimum absolute atomic E-state index is 0.0719. The van der Waals surface area contributed by atoms with Crippen LogP contribution in [0.15, 0.2) is 30.3 Å². The second-order valence-electron chi connectivity index (χ2n) is 4.55. The average Bonchev–Trinajstić information content (AvgIpc) is 2.43. The molecular formula is C14H20N2O3. The molecule has 104 valence electrons. The number of hydrogen-bond donors (Lipinski definition) is 3. The minimum Gasteiger partial charge on any atom is -0.384 e. The van der Waals surface area contributed by atoms with Crippen LogP contribution in [0.1, 0.15) is 25.8 Å². The molecule has 3 N–H and O–H groups in total. The molecule has 1 atom stereocenters. The number of hydrogen-bond acceptors (Lipinski definition) is 3. The van der Waals surface area contributed by atoms with Gasteiger partial charge in [-0.3, -0.25) is 9.59 Å². The zero-order valence-corrected chi connectivity index (χ0v) is 11.3. The Morgan fingerprint density at radius 1 is 1.16 bits per heavy atom. The molecule has 1 rings (SSSR count). The van der Waals surface area contributed by atoms with E-state index in [2.05, 4.69) is 10.6 Å². The van der Waals surface area contributed by atoms with Crippen LogP contribution in [0.4, 0.5) is 0 Å². The summed E-state index contributed by atoms with van der Waals surface area (Å²) >= 11 is 0. The van der Waals surface area contributed by atoms with Crippen molar-refractivity contribution in [3.8, 4) is 0 Å². The fourth-order valence-electron chi connectivity index (χ4n) is 1.54. The first-order valence-electron chi connectivity index (χ1n) is 6.27. The summed E-state index contributed by atoms with van der Waals surface area (Å²) in [7, 11) is 0. The number of rotatable bonds is 6. The van der Waals surface area contributed by atoms with Gasteiger partial charge in [-0.25, -0.2) is 0 Å². The number of carbonyl (C=O) groups excluding carboxylic acids is 2. The van der Waals surface area contributed by atoms with Gasteiger partial charge in [-0.1, -0.05) is 37.3 Å². The fourth-order valence-corrected chi connectivity index (χ4v) is 1.54. The highest BCUT2D eigenvalue weighted by Crippen LogP contribution is 2.18. The maximum atomic E-state index is 11.5. The van der Waals surface area contributed by atoms with Crippen molar-refractivity contribution in [2.24, 2.45) is 0 Å². The van der Waals surface area contributed by atoms with Crippen LogP contribution in [0.5, 0.6) is 0 Å². The summed E-state index contributed by atoms with van der Waals surface area (Å²) in [5.41, 5.74) is -0.404. The summed E-state index contributed by atoms with van der Waals surface area (Å²) in [6.45, 7) is 3.37. The van der Waals surface area contributed by atoms with Gasteiger partial charge in [-0.2, -0.15) is 0 Å². The molecule has 5 nitrogen and oxygen atoms in total. The number of carbonyl (C=O) groups is 2. The van der Waals surface area contributed by atoms with E-state index in [0.29, 0.717) is 6.42 Å². The summed E-state index contributed by atoms with van der Waals surface area (Å²) in [6.07, 6.45) is 0.342. The van der Waals surface area contributed by atoms with Crippen LogP contribution in [-0.2, 0) is 15.2 Å². The Labute approximate surface area is 113 Å². The van der Waals surface area contributed by atoms with Crippen molar-refractivity contribution < 1.29 is 14.7 Å². The highest BCUT2D eigenvalue weighted by molar-refractivity contribution is 5.84. The quantitative estimate of drug-likeness (QED) is 0.701. The Morgan fingerprint density at radius 2 is 1.79 bits per heavy atom. The molecule has 0 aliphatic rings. The predicted octanol–water partition coefficient (Wildman–Crippen LogP) is 0.537. The molecule has 1 aromatic carbocycles. The maximum absolute atomic E-state index is 11.5. The summed E-state index contributed by atoms with van der Waals surface area (Å²) < 4.78 is 0. The van der Waals surface area contributed by atoms with Crippen LogP contribution in [0, 0.1) is 0 Å². The van der Waals surface area contributed by atoms with E-state index in [1.165, 1.54) is 0 Å². The molecule has 5 heteroatoms. The molecule has 0 aliphatic heterocycles. The van der Waals surface area contributed by atoms with E-state index in [4.69, 9.17) is 0 Å². The standard InChI is InChI=1S/C14H20N2O3/c1-3-12(17)15-9-13(18)16-10-14(2,19)11-7-5-4-6-8-11/h4-8,19H,3,9-10H2,1-2H3,(H,15,17)(H,16,18). The second kappa shape index (κ2) is 6.89. The summed E-state index contributed by atoms with van der Waals surface area (Å²) in [6, 6.07) is 9.11. The third kappa shape index (κ3) is 5.09. The lowest BCUT2D eigenvalue weighted by atomic mass is 9.96. The Balaban J connectivity index is 2.43. The van der Waals surface area contributed by atoms with Gasteiger partial charge in [0, 0.05) is 6.42 Å². The molecule has 0 saturated heterocycles. The number of aliphatic hydroxyl groups is 1. The monoisotopic (exact) mass is 264 g/mol. The molecule has 0 aromatic heterocycles. The molecule has 0 aliphatic carbocycles. The molecule has 2 amide bonds. The Bertz CT molecular complexity index is 430. The topological polar surface area (TPSA) is 78.4 Å². The molecule has 0 spiro atoms. The van der Waals surface area contributed by atoms with Crippen molar-refractivity contribution in [3.63, 3.8) is 0 Å².